The maximum Gasteiger partial charge on any atom is 0.209 e. The van der Waals surface area contributed by atoms with Crippen LogP contribution in [0.1, 0.15) is 27.2 Å². The lowest BCUT2D eigenvalue weighted by Gasteiger charge is -2.19. The minimum atomic E-state index is 0.459. The smallest absolute Gasteiger partial charge is 0.209 e. The molecule has 5 nitrogen and oxygen atoms in total. The van der Waals surface area contributed by atoms with Crippen molar-refractivity contribution in [2.24, 2.45) is 7.05 Å². The van der Waals surface area contributed by atoms with Crippen LogP contribution in [0.4, 0.5) is 0 Å². The Balaban J connectivity index is 2.41. The van der Waals surface area contributed by atoms with Crippen molar-refractivity contribution in [1.29, 1.82) is 0 Å². The molecule has 0 aromatic carbocycles. The SMILES string of the molecule is CCCNC(C)C(C)Sc1nnnn1C. The van der Waals surface area contributed by atoms with Gasteiger partial charge in [0, 0.05) is 18.3 Å². The minimum Gasteiger partial charge on any atom is -0.313 e. The molecular weight excluding hydrogens is 210 g/mol. The standard InChI is InChI=1S/C9H19N5S/c1-5-6-10-7(2)8(3)15-9-11-12-13-14(9)4/h7-8,10H,5-6H2,1-4H3. The van der Waals surface area contributed by atoms with E-state index < -0.39 is 0 Å². The summed E-state index contributed by atoms with van der Waals surface area (Å²) in [4.78, 5) is 0. The molecule has 6 heteroatoms. The first-order chi connectivity index (χ1) is 7.15. The summed E-state index contributed by atoms with van der Waals surface area (Å²) in [6.07, 6.45) is 1.16. The highest BCUT2D eigenvalue weighted by Gasteiger charge is 2.15. The first kappa shape index (κ1) is 12.4. The van der Waals surface area contributed by atoms with Gasteiger partial charge in [-0.25, -0.2) is 4.68 Å². The molecule has 0 radical (unpaired) electrons. The van der Waals surface area contributed by atoms with Gasteiger partial charge in [-0.3, -0.25) is 0 Å². The second-order valence-electron chi connectivity index (χ2n) is 3.65. The summed E-state index contributed by atoms with van der Waals surface area (Å²) in [6.45, 7) is 7.61. The van der Waals surface area contributed by atoms with Crippen molar-refractivity contribution >= 4 is 11.8 Å². The fourth-order valence-corrected chi connectivity index (χ4v) is 2.03. The van der Waals surface area contributed by atoms with Gasteiger partial charge in [-0.05, 0) is 30.3 Å². The van der Waals surface area contributed by atoms with Gasteiger partial charge in [0.2, 0.25) is 5.16 Å². The lowest BCUT2D eigenvalue weighted by Crippen LogP contribution is -2.34. The molecule has 1 N–H and O–H groups in total. The molecule has 1 aromatic heterocycles. The Morgan fingerprint density at radius 2 is 2.20 bits per heavy atom. The molecule has 0 saturated heterocycles. The predicted molar refractivity (Wildman–Crippen MR) is 61.9 cm³/mol. The number of tetrazole rings is 1. The van der Waals surface area contributed by atoms with E-state index in [4.69, 9.17) is 0 Å². The number of thioether (sulfide) groups is 1. The van der Waals surface area contributed by atoms with Crippen LogP contribution in [0.15, 0.2) is 5.16 Å². The van der Waals surface area contributed by atoms with E-state index in [1.807, 2.05) is 7.05 Å². The van der Waals surface area contributed by atoms with Gasteiger partial charge < -0.3 is 5.32 Å². The first-order valence-electron chi connectivity index (χ1n) is 5.27. The Morgan fingerprint density at radius 3 is 2.73 bits per heavy atom. The molecule has 86 valence electrons. The molecule has 0 saturated carbocycles. The van der Waals surface area contributed by atoms with E-state index >= 15 is 0 Å². The van der Waals surface area contributed by atoms with Gasteiger partial charge in [0.1, 0.15) is 0 Å². The van der Waals surface area contributed by atoms with Crippen LogP contribution >= 0.6 is 11.8 Å². The zero-order chi connectivity index (χ0) is 11.3. The number of hydrogen-bond donors (Lipinski definition) is 1. The lowest BCUT2D eigenvalue weighted by atomic mass is 10.2. The first-order valence-corrected chi connectivity index (χ1v) is 6.15. The van der Waals surface area contributed by atoms with Gasteiger partial charge in [0.05, 0.1) is 0 Å². The normalized spacial score (nSPS) is 15.2. The number of rotatable bonds is 6. The molecule has 2 atom stereocenters. The van der Waals surface area contributed by atoms with Crippen LogP contribution in [0, 0.1) is 0 Å². The van der Waals surface area contributed by atoms with E-state index in [9.17, 15) is 0 Å². The Labute approximate surface area is 95.0 Å². The summed E-state index contributed by atoms with van der Waals surface area (Å²) in [7, 11) is 1.86. The zero-order valence-corrected chi connectivity index (χ0v) is 10.6. The van der Waals surface area contributed by atoms with Crippen LogP contribution in [0.2, 0.25) is 0 Å². The van der Waals surface area contributed by atoms with E-state index in [2.05, 4.69) is 41.6 Å². The molecule has 1 rings (SSSR count). The van der Waals surface area contributed by atoms with Crippen LogP contribution in [-0.4, -0.2) is 38.0 Å². The highest BCUT2D eigenvalue weighted by molar-refractivity contribution is 7.99. The summed E-state index contributed by atoms with van der Waals surface area (Å²) in [5.41, 5.74) is 0. The molecule has 0 bridgehead atoms. The van der Waals surface area contributed by atoms with Crippen molar-refractivity contribution in [3.63, 3.8) is 0 Å². The maximum absolute atomic E-state index is 3.96. The van der Waals surface area contributed by atoms with Gasteiger partial charge in [0.15, 0.2) is 0 Å². The van der Waals surface area contributed by atoms with Crippen molar-refractivity contribution in [3.8, 4) is 0 Å². The summed E-state index contributed by atoms with van der Waals surface area (Å²) in [5.74, 6) is 0. The second-order valence-corrected chi connectivity index (χ2v) is 5.00. The zero-order valence-electron chi connectivity index (χ0n) is 9.77. The molecule has 0 spiro atoms. The molecule has 0 aliphatic rings. The number of aryl methyl sites for hydroxylation is 1. The third-order valence-corrected chi connectivity index (χ3v) is 3.63. The largest absolute Gasteiger partial charge is 0.313 e. The third-order valence-electron chi connectivity index (χ3n) is 2.29. The van der Waals surface area contributed by atoms with E-state index in [0.717, 1.165) is 18.1 Å². The number of hydrogen-bond acceptors (Lipinski definition) is 5. The second kappa shape index (κ2) is 6.07. The number of nitrogens with one attached hydrogen (secondary N) is 1. The number of aromatic nitrogens is 4. The fourth-order valence-electron chi connectivity index (χ4n) is 1.13. The Morgan fingerprint density at radius 1 is 1.47 bits per heavy atom. The van der Waals surface area contributed by atoms with Crippen LogP contribution in [0.3, 0.4) is 0 Å². The van der Waals surface area contributed by atoms with E-state index in [-0.39, 0.29) is 0 Å². The van der Waals surface area contributed by atoms with Crippen molar-refractivity contribution in [1.82, 2.24) is 25.5 Å². The van der Waals surface area contributed by atoms with E-state index in [1.165, 1.54) is 0 Å². The molecule has 0 aliphatic heterocycles. The highest BCUT2D eigenvalue weighted by atomic mass is 32.2. The molecular formula is C9H19N5S. The maximum atomic E-state index is 3.96. The highest BCUT2D eigenvalue weighted by Crippen LogP contribution is 2.21. The lowest BCUT2D eigenvalue weighted by molar-refractivity contribution is 0.540. The quantitative estimate of drug-likeness (QED) is 0.740. The van der Waals surface area contributed by atoms with Crippen molar-refractivity contribution in [3.05, 3.63) is 0 Å². The molecule has 2 unspecified atom stereocenters. The summed E-state index contributed by atoms with van der Waals surface area (Å²) >= 11 is 1.70. The molecule has 0 fully saturated rings. The van der Waals surface area contributed by atoms with Gasteiger partial charge in [-0.1, -0.05) is 25.6 Å². The Hall–Kier alpha value is -0.620. The predicted octanol–water partition coefficient (Wildman–Crippen LogP) is 1.08. The average Bonchev–Trinajstić information content (AvgIpc) is 2.61. The van der Waals surface area contributed by atoms with Crippen LogP contribution < -0.4 is 5.32 Å². The Bertz CT molecular complexity index is 288. The molecule has 0 aliphatic carbocycles. The van der Waals surface area contributed by atoms with Crippen molar-refractivity contribution in [2.45, 2.75) is 43.6 Å². The topological polar surface area (TPSA) is 55.6 Å². The minimum absolute atomic E-state index is 0.459. The monoisotopic (exact) mass is 229 g/mol. The van der Waals surface area contributed by atoms with Gasteiger partial charge >= 0.3 is 0 Å². The summed E-state index contributed by atoms with van der Waals surface area (Å²) < 4.78 is 1.70. The van der Waals surface area contributed by atoms with Crippen molar-refractivity contribution < 1.29 is 0 Å². The van der Waals surface area contributed by atoms with Crippen molar-refractivity contribution in [2.75, 3.05) is 6.54 Å². The molecule has 1 aromatic rings. The molecule has 0 amide bonds. The van der Waals surface area contributed by atoms with E-state index in [0.29, 0.717) is 11.3 Å². The van der Waals surface area contributed by atoms with Gasteiger partial charge in [-0.2, -0.15) is 0 Å². The van der Waals surface area contributed by atoms with Crippen LogP contribution in [0.25, 0.3) is 0 Å². The van der Waals surface area contributed by atoms with Crippen LogP contribution in [-0.2, 0) is 7.05 Å². The molecule has 15 heavy (non-hydrogen) atoms. The summed E-state index contributed by atoms with van der Waals surface area (Å²) in [6, 6.07) is 0.464. The Kier molecular flexibility index (Phi) is 5.04. The van der Waals surface area contributed by atoms with Gasteiger partial charge in [0.25, 0.3) is 0 Å². The summed E-state index contributed by atoms with van der Waals surface area (Å²) in [5, 5.41) is 16.2. The molecule has 1 heterocycles. The third kappa shape index (κ3) is 3.79. The van der Waals surface area contributed by atoms with Gasteiger partial charge in [-0.15, -0.1) is 5.10 Å². The van der Waals surface area contributed by atoms with E-state index in [1.54, 1.807) is 16.4 Å². The van der Waals surface area contributed by atoms with Crippen LogP contribution in [0.5, 0.6) is 0 Å². The average molecular weight is 229 g/mol. The number of nitrogens with zero attached hydrogens (tertiary/aromatic N) is 4. The fraction of sp³-hybridized carbons (Fsp3) is 0.889.